The number of hydrogen-bond donors (Lipinski definition) is 2. The summed E-state index contributed by atoms with van der Waals surface area (Å²) in [5, 5.41) is 5.78. The predicted octanol–water partition coefficient (Wildman–Crippen LogP) is 3.72. The lowest BCUT2D eigenvalue weighted by molar-refractivity contribution is -0.119. The van der Waals surface area contributed by atoms with Crippen LogP contribution in [0.1, 0.15) is 31.7 Å². The summed E-state index contributed by atoms with van der Waals surface area (Å²) in [7, 11) is 3.32. The molecule has 0 radical (unpaired) electrons. The second-order valence-corrected chi connectivity index (χ2v) is 6.90. The predicted molar refractivity (Wildman–Crippen MR) is 113 cm³/mol. The Labute approximate surface area is 166 Å². The molecule has 0 saturated carbocycles. The van der Waals surface area contributed by atoms with E-state index in [1.54, 1.807) is 37.3 Å². The lowest BCUT2D eigenvalue weighted by Crippen LogP contribution is -2.36. The van der Waals surface area contributed by atoms with Crippen molar-refractivity contribution in [3.8, 4) is 5.75 Å². The van der Waals surface area contributed by atoms with E-state index in [0.717, 1.165) is 17.7 Å². The minimum absolute atomic E-state index is 0.109. The van der Waals surface area contributed by atoms with E-state index in [4.69, 9.17) is 4.74 Å². The van der Waals surface area contributed by atoms with Gasteiger partial charge in [0.15, 0.2) is 0 Å². The Morgan fingerprint density at radius 1 is 1.04 bits per heavy atom. The molecule has 150 valence electrons. The average Bonchev–Trinajstić information content (AvgIpc) is 2.67. The Morgan fingerprint density at radius 2 is 1.71 bits per heavy atom. The van der Waals surface area contributed by atoms with Gasteiger partial charge in [0.25, 0.3) is 0 Å². The van der Waals surface area contributed by atoms with Crippen LogP contribution < -0.4 is 15.4 Å². The number of likely N-dealkylation sites (N-methyl/N-ethyl adjacent to an activating group) is 1. The third kappa shape index (κ3) is 6.39. The lowest BCUT2D eigenvalue weighted by atomic mass is 9.97. The first-order chi connectivity index (χ1) is 13.4. The molecule has 0 aliphatic carbocycles. The normalized spacial score (nSPS) is 11.8. The SMILES string of the molecule is CC[C@H](C)c1ccccc1NC(=O)CN(C)CC(=O)Nc1cccc(OC)c1. The number of nitrogens with zero attached hydrogens (tertiary/aromatic N) is 1. The van der Waals surface area contributed by atoms with Gasteiger partial charge in [0.1, 0.15) is 5.75 Å². The third-order valence-electron chi connectivity index (χ3n) is 4.56. The first kappa shape index (κ1) is 21.4. The summed E-state index contributed by atoms with van der Waals surface area (Å²) in [6.07, 6.45) is 0.997. The van der Waals surface area contributed by atoms with Crippen molar-refractivity contribution in [3.05, 3.63) is 54.1 Å². The Bertz CT molecular complexity index is 807. The van der Waals surface area contributed by atoms with E-state index < -0.39 is 0 Å². The van der Waals surface area contributed by atoms with E-state index in [1.165, 1.54) is 0 Å². The smallest absolute Gasteiger partial charge is 0.238 e. The Hall–Kier alpha value is -2.86. The molecule has 28 heavy (non-hydrogen) atoms. The van der Waals surface area contributed by atoms with Crippen LogP contribution >= 0.6 is 0 Å². The average molecular weight is 383 g/mol. The summed E-state index contributed by atoms with van der Waals surface area (Å²) >= 11 is 0. The van der Waals surface area contributed by atoms with E-state index in [0.29, 0.717) is 17.4 Å². The van der Waals surface area contributed by atoms with Crippen LogP contribution in [0.4, 0.5) is 11.4 Å². The number of anilines is 2. The zero-order valence-corrected chi connectivity index (χ0v) is 17.0. The topological polar surface area (TPSA) is 70.7 Å². The molecule has 2 aromatic carbocycles. The summed E-state index contributed by atoms with van der Waals surface area (Å²) in [5.41, 5.74) is 2.61. The van der Waals surface area contributed by atoms with Crippen molar-refractivity contribution in [1.29, 1.82) is 0 Å². The number of ether oxygens (including phenoxy) is 1. The largest absolute Gasteiger partial charge is 0.497 e. The van der Waals surface area contributed by atoms with Crippen molar-refractivity contribution in [2.45, 2.75) is 26.2 Å². The maximum absolute atomic E-state index is 12.4. The fourth-order valence-corrected chi connectivity index (χ4v) is 2.90. The summed E-state index contributed by atoms with van der Waals surface area (Å²) in [5.74, 6) is 0.698. The fraction of sp³-hybridized carbons (Fsp3) is 0.364. The van der Waals surface area contributed by atoms with Crippen molar-refractivity contribution in [2.75, 3.05) is 37.9 Å². The number of rotatable bonds is 9. The molecule has 0 fully saturated rings. The van der Waals surface area contributed by atoms with Gasteiger partial charge >= 0.3 is 0 Å². The Balaban J connectivity index is 1.88. The van der Waals surface area contributed by atoms with Gasteiger partial charge in [-0.2, -0.15) is 0 Å². The molecule has 0 aliphatic heterocycles. The highest BCUT2D eigenvalue weighted by Gasteiger charge is 2.14. The van der Waals surface area contributed by atoms with Gasteiger partial charge in [-0.15, -0.1) is 0 Å². The second kappa shape index (κ2) is 10.5. The standard InChI is InChI=1S/C22H29N3O3/c1-5-16(2)19-11-6-7-12-20(19)24-22(27)15-25(3)14-21(26)23-17-9-8-10-18(13-17)28-4/h6-13,16H,5,14-15H2,1-4H3,(H,23,26)(H,24,27)/t16-/m0/s1. The van der Waals surface area contributed by atoms with E-state index in [-0.39, 0.29) is 24.9 Å². The molecule has 2 aromatic rings. The van der Waals surface area contributed by atoms with Crippen LogP contribution in [0.5, 0.6) is 5.75 Å². The van der Waals surface area contributed by atoms with Crippen molar-refractivity contribution < 1.29 is 14.3 Å². The minimum Gasteiger partial charge on any atom is -0.497 e. The van der Waals surface area contributed by atoms with Gasteiger partial charge < -0.3 is 15.4 Å². The van der Waals surface area contributed by atoms with Crippen LogP contribution in [-0.4, -0.2) is 44.0 Å². The molecule has 0 aliphatic rings. The summed E-state index contributed by atoms with van der Waals surface area (Å²) < 4.78 is 5.15. The van der Waals surface area contributed by atoms with E-state index >= 15 is 0 Å². The molecule has 2 amide bonds. The van der Waals surface area contributed by atoms with Crippen molar-refractivity contribution in [3.63, 3.8) is 0 Å². The van der Waals surface area contributed by atoms with Gasteiger partial charge in [-0.05, 0) is 43.1 Å². The van der Waals surface area contributed by atoms with Gasteiger partial charge in [-0.3, -0.25) is 14.5 Å². The molecule has 0 heterocycles. The van der Waals surface area contributed by atoms with E-state index in [2.05, 4.69) is 24.5 Å². The summed E-state index contributed by atoms with van der Waals surface area (Å²) in [6.45, 7) is 4.50. The van der Waals surface area contributed by atoms with Gasteiger partial charge in [-0.25, -0.2) is 0 Å². The highest BCUT2D eigenvalue weighted by Crippen LogP contribution is 2.26. The van der Waals surface area contributed by atoms with Gasteiger partial charge in [0.2, 0.25) is 11.8 Å². The molecule has 0 bridgehead atoms. The molecule has 6 heteroatoms. The van der Waals surface area contributed by atoms with Crippen molar-refractivity contribution in [2.24, 2.45) is 0 Å². The van der Waals surface area contributed by atoms with Crippen LogP contribution in [0, 0.1) is 0 Å². The lowest BCUT2D eigenvalue weighted by Gasteiger charge is -2.18. The molecule has 1 atom stereocenters. The van der Waals surface area contributed by atoms with Crippen molar-refractivity contribution >= 4 is 23.2 Å². The minimum atomic E-state index is -0.191. The number of para-hydroxylation sites is 1. The first-order valence-electron chi connectivity index (χ1n) is 9.44. The number of nitrogens with one attached hydrogen (secondary N) is 2. The zero-order chi connectivity index (χ0) is 20.5. The molecule has 6 nitrogen and oxygen atoms in total. The number of carbonyl (C=O) groups excluding carboxylic acids is 2. The Morgan fingerprint density at radius 3 is 2.39 bits per heavy atom. The molecule has 0 unspecified atom stereocenters. The highest BCUT2D eigenvalue weighted by molar-refractivity contribution is 5.95. The van der Waals surface area contributed by atoms with E-state index in [1.807, 2.05) is 30.3 Å². The van der Waals surface area contributed by atoms with Gasteiger partial charge in [-0.1, -0.05) is 38.1 Å². The second-order valence-electron chi connectivity index (χ2n) is 6.90. The van der Waals surface area contributed by atoms with Crippen LogP contribution in [0.3, 0.4) is 0 Å². The molecular formula is C22H29N3O3. The summed E-state index contributed by atoms with van der Waals surface area (Å²) in [6, 6.07) is 15.0. The monoisotopic (exact) mass is 383 g/mol. The molecule has 2 rings (SSSR count). The Kier molecular flexibility index (Phi) is 8.02. The summed E-state index contributed by atoms with van der Waals surface area (Å²) in [4.78, 5) is 26.3. The van der Waals surface area contributed by atoms with Crippen LogP contribution in [0.25, 0.3) is 0 Å². The van der Waals surface area contributed by atoms with Crippen LogP contribution in [-0.2, 0) is 9.59 Å². The van der Waals surface area contributed by atoms with E-state index in [9.17, 15) is 9.59 Å². The zero-order valence-electron chi connectivity index (χ0n) is 17.0. The number of hydrogen-bond acceptors (Lipinski definition) is 4. The molecule has 0 saturated heterocycles. The van der Waals surface area contributed by atoms with Crippen LogP contribution in [0.2, 0.25) is 0 Å². The number of carbonyl (C=O) groups is 2. The number of benzene rings is 2. The van der Waals surface area contributed by atoms with Crippen molar-refractivity contribution in [1.82, 2.24) is 4.90 Å². The molecule has 2 N–H and O–H groups in total. The maximum atomic E-state index is 12.4. The number of amides is 2. The molecular weight excluding hydrogens is 354 g/mol. The van der Waals surface area contributed by atoms with Gasteiger partial charge in [0, 0.05) is 17.4 Å². The highest BCUT2D eigenvalue weighted by atomic mass is 16.5. The maximum Gasteiger partial charge on any atom is 0.238 e. The number of methoxy groups -OCH3 is 1. The first-order valence-corrected chi connectivity index (χ1v) is 9.44. The molecule has 0 aromatic heterocycles. The quantitative estimate of drug-likeness (QED) is 0.692. The van der Waals surface area contributed by atoms with Gasteiger partial charge in [0.05, 0.1) is 20.2 Å². The van der Waals surface area contributed by atoms with Crippen LogP contribution in [0.15, 0.2) is 48.5 Å². The fourth-order valence-electron chi connectivity index (χ4n) is 2.90. The third-order valence-corrected chi connectivity index (χ3v) is 4.56. The molecule has 0 spiro atoms.